The van der Waals surface area contributed by atoms with Gasteiger partial charge < -0.3 is 14.6 Å². The second-order valence-corrected chi connectivity index (χ2v) is 9.74. The van der Waals surface area contributed by atoms with Crippen LogP contribution < -0.4 is 5.56 Å². The van der Waals surface area contributed by atoms with E-state index in [9.17, 15) is 23.8 Å². The lowest BCUT2D eigenvalue weighted by Gasteiger charge is -2.21. The van der Waals surface area contributed by atoms with Crippen LogP contribution in [0.1, 0.15) is 42.7 Å². The summed E-state index contributed by atoms with van der Waals surface area (Å²) in [6, 6.07) is 9.35. The molecule has 0 saturated carbocycles. The van der Waals surface area contributed by atoms with Gasteiger partial charge in [-0.05, 0) is 76.1 Å². The molecule has 9 heteroatoms. The summed E-state index contributed by atoms with van der Waals surface area (Å²) in [5.41, 5.74) is 1.16. The molecule has 2 aromatic carbocycles. The van der Waals surface area contributed by atoms with Gasteiger partial charge in [0.25, 0.3) is 5.56 Å². The van der Waals surface area contributed by atoms with Gasteiger partial charge in [-0.2, -0.15) is 0 Å². The summed E-state index contributed by atoms with van der Waals surface area (Å²) in [4.78, 5) is 17.4. The highest BCUT2D eigenvalue weighted by molar-refractivity contribution is 6.30. The highest BCUT2D eigenvalue weighted by Crippen LogP contribution is 2.39. The maximum absolute atomic E-state index is 14.8. The Hall–Kier alpha value is -3.33. The lowest BCUT2D eigenvalue weighted by Crippen LogP contribution is -2.28. The van der Waals surface area contributed by atoms with Gasteiger partial charge in [0.15, 0.2) is 11.9 Å². The third kappa shape index (κ3) is 4.59. The smallest absolute Gasteiger partial charge is 0.255 e. The van der Waals surface area contributed by atoms with Gasteiger partial charge >= 0.3 is 0 Å². The molecular formula is C27H25ClF2N2O4. The molecule has 188 valence electrons. The number of aliphatic hydroxyl groups excluding tert-OH is 1. The largest absolute Gasteiger partial charge is 0.437 e. The normalized spacial score (nSPS) is 12.7. The molecule has 0 amide bonds. The molecule has 4 rings (SSSR count). The lowest BCUT2D eigenvalue weighted by atomic mass is 10.0. The van der Waals surface area contributed by atoms with Gasteiger partial charge in [0.1, 0.15) is 17.3 Å². The van der Waals surface area contributed by atoms with E-state index in [0.717, 1.165) is 17.2 Å². The molecule has 2 N–H and O–H groups in total. The van der Waals surface area contributed by atoms with E-state index in [-0.39, 0.29) is 28.5 Å². The number of hydrogen-bond donors (Lipinski definition) is 2. The fourth-order valence-electron chi connectivity index (χ4n) is 4.21. The van der Waals surface area contributed by atoms with E-state index in [1.807, 2.05) is 13.8 Å². The molecule has 0 radical (unpaired) electrons. The minimum absolute atomic E-state index is 0.0800. The van der Waals surface area contributed by atoms with Crippen molar-refractivity contribution in [3.8, 4) is 28.3 Å². The number of benzene rings is 2. The minimum atomic E-state index is -1.62. The van der Waals surface area contributed by atoms with Crippen molar-refractivity contribution in [1.29, 1.82) is 0 Å². The molecule has 1 atom stereocenters. The summed E-state index contributed by atoms with van der Waals surface area (Å²) >= 11 is 6.18. The third-order valence-electron chi connectivity index (χ3n) is 6.00. The average molecular weight is 515 g/mol. The first-order valence-corrected chi connectivity index (χ1v) is 11.5. The van der Waals surface area contributed by atoms with Crippen LogP contribution in [0.4, 0.5) is 8.78 Å². The van der Waals surface area contributed by atoms with Crippen molar-refractivity contribution >= 4 is 11.6 Å². The summed E-state index contributed by atoms with van der Waals surface area (Å²) in [5, 5.41) is 21.5. The highest BCUT2D eigenvalue weighted by atomic mass is 35.5. The summed E-state index contributed by atoms with van der Waals surface area (Å²) in [6.45, 7) is 8.12. The molecule has 2 heterocycles. The van der Waals surface area contributed by atoms with E-state index >= 15 is 0 Å². The van der Waals surface area contributed by atoms with Crippen LogP contribution in [0.3, 0.4) is 0 Å². The molecule has 4 aromatic rings. The van der Waals surface area contributed by atoms with Crippen molar-refractivity contribution in [2.75, 3.05) is 0 Å². The van der Waals surface area contributed by atoms with Gasteiger partial charge in [-0.3, -0.25) is 9.36 Å². The summed E-state index contributed by atoms with van der Waals surface area (Å²) in [7, 11) is 0. The predicted octanol–water partition coefficient (Wildman–Crippen LogP) is 5.82. The number of hydrogen-bond acceptors (Lipinski definition) is 5. The Bertz CT molecular complexity index is 1510. The maximum Gasteiger partial charge on any atom is 0.255 e. The summed E-state index contributed by atoms with van der Waals surface area (Å²) in [6.07, 6.45) is -1.54. The first kappa shape index (κ1) is 25.8. The van der Waals surface area contributed by atoms with Gasteiger partial charge in [-0.25, -0.2) is 13.8 Å². The molecule has 0 saturated heterocycles. The van der Waals surface area contributed by atoms with Crippen molar-refractivity contribution < 1.29 is 23.4 Å². The average Bonchev–Trinajstić information content (AvgIpc) is 3.18. The monoisotopic (exact) mass is 514 g/mol. The first-order chi connectivity index (χ1) is 16.8. The number of rotatable bonds is 5. The number of aromatic nitrogens is 2. The third-order valence-corrected chi connectivity index (χ3v) is 6.21. The van der Waals surface area contributed by atoms with E-state index in [1.165, 1.54) is 36.6 Å². The molecule has 0 aliphatic heterocycles. The second-order valence-electron chi connectivity index (χ2n) is 9.30. The van der Waals surface area contributed by atoms with Crippen LogP contribution in [-0.4, -0.2) is 25.4 Å². The Morgan fingerprint density at radius 1 is 1.03 bits per heavy atom. The molecule has 0 fully saturated rings. The van der Waals surface area contributed by atoms with Crippen LogP contribution >= 0.6 is 11.6 Å². The lowest BCUT2D eigenvalue weighted by molar-refractivity contribution is -0.0617. The van der Waals surface area contributed by atoms with Crippen LogP contribution in [0, 0.1) is 32.4 Å². The van der Waals surface area contributed by atoms with Gasteiger partial charge in [0, 0.05) is 28.4 Å². The molecule has 1 unspecified atom stereocenters. The van der Waals surface area contributed by atoms with E-state index in [1.54, 1.807) is 19.1 Å². The number of oxazole rings is 1. The van der Waals surface area contributed by atoms with E-state index in [0.29, 0.717) is 28.0 Å². The predicted molar refractivity (Wildman–Crippen MR) is 133 cm³/mol. The van der Waals surface area contributed by atoms with Gasteiger partial charge in [0.05, 0.1) is 16.9 Å². The zero-order chi connectivity index (χ0) is 26.5. The van der Waals surface area contributed by atoms with Crippen LogP contribution in [-0.2, 0) is 0 Å². The van der Waals surface area contributed by atoms with E-state index in [4.69, 9.17) is 16.0 Å². The quantitative estimate of drug-likeness (QED) is 0.350. The van der Waals surface area contributed by atoms with Crippen LogP contribution in [0.25, 0.3) is 28.3 Å². The Morgan fingerprint density at radius 3 is 2.22 bits per heavy atom. The zero-order valence-electron chi connectivity index (χ0n) is 20.4. The summed E-state index contributed by atoms with van der Waals surface area (Å²) in [5.74, 6) is -2.00. The van der Waals surface area contributed by atoms with E-state index in [2.05, 4.69) is 4.98 Å². The maximum atomic E-state index is 14.8. The Balaban J connectivity index is 2.03. The van der Waals surface area contributed by atoms with Gasteiger partial charge in [-0.15, -0.1) is 0 Å². The van der Waals surface area contributed by atoms with Crippen molar-refractivity contribution in [3.63, 3.8) is 0 Å². The Kier molecular flexibility index (Phi) is 6.64. The van der Waals surface area contributed by atoms with Crippen molar-refractivity contribution in [2.24, 2.45) is 0 Å². The van der Waals surface area contributed by atoms with Crippen LogP contribution in [0.5, 0.6) is 0 Å². The molecule has 2 aromatic heterocycles. The fraction of sp³-hybridized carbons (Fsp3) is 0.259. The number of pyridine rings is 1. The molecule has 0 aliphatic rings. The summed E-state index contributed by atoms with van der Waals surface area (Å²) < 4.78 is 35.7. The fourth-order valence-corrected chi connectivity index (χ4v) is 4.54. The van der Waals surface area contributed by atoms with Crippen LogP contribution in [0.15, 0.2) is 51.7 Å². The Labute approximate surface area is 211 Å². The van der Waals surface area contributed by atoms with Crippen LogP contribution in [0.2, 0.25) is 5.02 Å². The molecule has 0 spiro atoms. The Morgan fingerprint density at radius 2 is 1.64 bits per heavy atom. The first-order valence-electron chi connectivity index (χ1n) is 11.2. The van der Waals surface area contributed by atoms with Gasteiger partial charge in [-0.1, -0.05) is 11.6 Å². The SMILES string of the molecule is Cc1cc(Cl)cc(C)c1-n1c(C)c(-c2nc(C(O)C(C)(C)O)oc2-c2ccc(F)cc2F)ccc1=O. The van der Waals surface area contributed by atoms with E-state index < -0.39 is 23.3 Å². The van der Waals surface area contributed by atoms with Crippen molar-refractivity contribution in [1.82, 2.24) is 9.55 Å². The molecular weight excluding hydrogens is 490 g/mol. The minimum Gasteiger partial charge on any atom is -0.437 e. The highest BCUT2D eigenvalue weighted by Gasteiger charge is 2.33. The number of aryl methyl sites for hydroxylation is 2. The molecule has 36 heavy (non-hydrogen) atoms. The number of nitrogens with zero attached hydrogens (tertiary/aromatic N) is 2. The number of aliphatic hydroxyl groups is 2. The molecule has 0 bridgehead atoms. The topological polar surface area (TPSA) is 88.5 Å². The number of halogens is 3. The second kappa shape index (κ2) is 9.28. The standard InChI is InChI=1S/C27H25ClF2N2O4/c1-13-10-16(28)11-14(2)23(13)32-15(3)18(8-9-21(32)33)22-24(19-7-6-17(29)12-20(19)30)36-26(31-22)25(34)27(4,5)35/h6-12,25,34-35H,1-5H3. The van der Waals surface area contributed by atoms with Crippen molar-refractivity contribution in [3.05, 3.63) is 92.2 Å². The molecule has 0 aliphatic carbocycles. The van der Waals surface area contributed by atoms with Gasteiger partial charge in [0.2, 0.25) is 5.89 Å². The van der Waals surface area contributed by atoms with Crippen molar-refractivity contribution in [2.45, 2.75) is 46.3 Å². The molecule has 6 nitrogen and oxygen atoms in total. The zero-order valence-corrected chi connectivity index (χ0v) is 21.1.